The Morgan fingerprint density at radius 1 is 0.481 bits per heavy atom. The van der Waals surface area contributed by atoms with Gasteiger partial charge in [-0.3, -0.25) is 19.2 Å². The van der Waals surface area contributed by atoms with Crippen molar-refractivity contribution in [3.05, 3.63) is 71.8 Å². The number of nitrogens with two attached hydrogens (primary N) is 2. The second-order valence-electron chi connectivity index (χ2n) is 15.1. The summed E-state index contributed by atoms with van der Waals surface area (Å²) in [5, 5.41) is 11.8. The second kappa shape index (κ2) is 26.1. The molecule has 0 heterocycles. The van der Waals surface area contributed by atoms with E-state index in [9.17, 15) is 19.2 Å². The molecule has 0 aliphatic rings. The first-order valence-electron chi connectivity index (χ1n) is 19.7. The molecule has 2 rings (SSSR count). The molecule has 4 atom stereocenters. The molecule has 10 nitrogen and oxygen atoms in total. The van der Waals surface area contributed by atoms with Gasteiger partial charge in [-0.1, -0.05) is 140 Å². The van der Waals surface area contributed by atoms with E-state index in [1.54, 1.807) is 0 Å². The van der Waals surface area contributed by atoms with E-state index in [0.717, 1.165) is 49.7 Å². The van der Waals surface area contributed by atoms with Crippen LogP contribution in [0, 0.1) is 11.8 Å². The molecule has 4 amide bonds. The topological polar surface area (TPSA) is 168 Å². The zero-order chi connectivity index (χ0) is 38.1. The molecule has 0 aliphatic carbocycles. The van der Waals surface area contributed by atoms with E-state index < -0.39 is 24.2 Å². The Kier molecular flexibility index (Phi) is 22.3. The highest BCUT2D eigenvalue weighted by Crippen LogP contribution is 2.12. The third-order valence-corrected chi connectivity index (χ3v) is 9.15. The zero-order valence-corrected chi connectivity index (χ0v) is 32.3. The predicted octanol–water partition coefficient (Wildman–Crippen LogP) is 5.32. The van der Waals surface area contributed by atoms with Crippen LogP contribution >= 0.6 is 0 Å². The van der Waals surface area contributed by atoms with Crippen LogP contribution in [0.5, 0.6) is 0 Å². The van der Waals surface area contributed by atoms with Gasteiger partial charge < -0.3 is 32.7 Å². The number of carbonyl (C=O) groups is 4. The minimum Gasteiger partial charge on any atom is -0.354 e. The fourth-order valence-corrected chi connectivity index (χ4v) is 6.22. The van der Waals surface area contributed by atoms with Crippen LogP contribution in [0.2, 0.25) is 0 Å². The zero-order valence-electron chi connectivity index (χ0n) is 32.3. The summed E-state index contributed by atoms with van der Waals surface area (Å²) in [6.07, 6.45) is 12.9. The summed E-state index contributed by atoms with van der Waals surface area (Å²) in [6.45, 7) is 9.35. The highest BCUT2D eigenvalue weighted by atomic mass is 16.2. The first kappa shape index (κ1) is 44.4. The van der Waals surface area contributed by atoms with Crippen LogP contribution in [0.1, 0.15) is 116 Å². The lowest BCUT2D eigenvalue weighted by Crippen LogP contribution is -2.52. The molecule has 0 spiro atoms. The van der Waals surface area contributed by atoms with Gasteiger partial charge in [0.05, 0.1) is 12.1 Å². The van der Waals surface area contributed by atoms with Gasteiger partial charge in [-0.05, 0) is 61.5 Å². The van der Waals surface area contributed by atoms with Gasteiger partial charge in [0.25, 0.3) is 0 Å². The highest BCUT2D eigenvalue weighted by Gasteiger charge is 2.26. The van der Waals surface area contributed by atoms with Crippen molar-refractivity contribution >= 4 is 23.6 Å². The maximum absolute atomic E-state index is 12.9. The summed E-state index contributed by atoms with van der Waals surface area (Å²) in [5.41, 5.74) is 14.3. The number of nitrogens with one attached hydrogen (secondary N) is 4. The van der Waals surface area contributed by atoms with E-state index in [0.29, 0.717) is 38.8 Å². The maximum Gasteiger partial charge on any atom is 0.242 e. The molecule has 0 fully saturated rings. The quantitative estimate of drug-likeness (QED) is 0.0683. The van der Waals surface area contributed by atoms with E-state index in [-0.39, 0.29) is 35.5 Å². The van der Waals surface area contributed by atoms with E-state index >= 15 is 0 Å². The van der Waals surface area contributed by atoms with Crippen molar-refractivity contribution in [3.63, 3.8) is 0 Å². The van der Waals surface area contributed by atoms with Crippen LogP contribution < -0.4 is 32.7 Å². The Balaban J connectivity index is 1.52. The fourth-order valence-electron chi connectivity index (χ4n) is 6.22. The van der Waals surface area contributed by atoms with Crippen molar-refractivity contribution in [3.8, 4) is 0 Å². The Morgan fingerprint density at radius 2 is 0.788 bits per heavy atom. The lowest BCUT2D eigenvalue weighted by Gasteiger charge is -2.22. The highest BCUT2D eigenvalue weighted by molar-refractivity contribution is 5.90. The van der Waals surface area contributed by atoms with Crippen molar-refractivity contribution in [2.75, 3.05) is 13.1 Å². The SMILES string of the molecule is CC(C)C[C@H](NC(=O)[C@@H](N)Cc1ccccc1)C(=O)NCCCCCCCCCCCCNC(=O)[C@H](CC(C)C)NC(=O)[C@@H](N)Cc1ccccc1. The van der Waals surface area contributed by atoms with Crippen LogP contribution in [0.3, 0.4) is 0 Å². The molecule has 0 aromatic heterocycles. The average Bonchev–Trinajstić information content (AvgIpc) is 3.11. The average molecular weight is 721 g/mol. The Morgan fingerprint density at radius 3 is 1.10 bits per heavy atom. The smallest absolute Gasteiger partial charge is 0.242 e. The van der Waals surface area contributed by atoms with Gasteiger partial charge in [-0.25, -0.2) is 0 Å². The molecule has 0 saturated carbocycles. The molecule has 52 heavy (non-hydrogen) atoms. The molecular weight excluding hydrogens is 652 g/mol. The molecule has 0 saturated heterocycles. The van der Waals surface area contributed by atoms with Crippen LogP contribution in [0.4, 0.5) is 0 Å². The fraction of sp³-hybridized carbons (Fsp3) is 0.619. The minimum absolute atomic E-state index is 0.144. The first-order valence-corrected chi connectivity index (χ1v) is 19.7. The minimum atomic E-state index is -0.705. The lowest BCUT2D eigenvalue weighted by molar-refractivity contribution is -0.130. The molecule has 0 unspecified atom stereocenters. The molecular formula is C42H68N6O4. The molecule has 2 aromatic carbocycles. The number of benzene rings is 2. The van der Waals surface area contributed by atoms with Crippen LogP contribution in [0.25, 0.3) is 0 Å². The summed E-state index contributed by atoms with van der Waals surface area (Å²) in [5.74, 6) is -0.377. The third kappa shape index (κ3) is 19.7. The second-order valence-corrected chi connectivity index (χ2v) is 15.1. The van der Waals surface area contributed by atoms with Crippen LogP contribution in [0.15, 0.2) is 60.7 Å². The Labute approximate surface area is 313 Å². The monoisotopic (exact) mass is 721 g/mol. The third-order valence-electron chi connectivity index (χ3n) is 9.15. The Bertz CT molecular complexity index is 1190. The van der Waals surface area contributed by atoms with E-state index in [1.165, 1.54) is 25.7 Å². The molecule has 2 aromatic rings. The number of carbonyl (C=O) groups excluding carboxylic acids is 4. The van der Waals surface area contributed by atoms with Gasteiger partial charge in [-0.15, -0.1) is 0 Å². The summed E-state index contributed by atoms with van der Waals surface area (Å²) in [7, 11) is 0. The summed E-state index contributed by atoms with van der Waals surface area (Å²) >= 11 is 0. The largest absolute Gasteiger partial charge is 0.354 e. The number of amides is 4. The van der Waals surface area contributed by atoms with Gasteiger partial charge in [0.2, 0.25) is 23.6 Å². The van der Waals surface area contributed by atoms with Crippen molar-refractivity contribution in [2.24, 2.45) is 23.3 Å². The number of hydrogen-bond acceptors (Lipinski definition) is 6. The van der Waals surface area contributed by atoms with Gasteiger partial charge in [0.1, 0.15) is 12.1 Å². The predicted molar refractivity (Wildman–Crippen MR) is 211 cm³/mol. The number of unbranched alkanes of at least 4 members (excludes halogenated alkanes) is 9. The van der Waals surface area contributed by atoms with E-state index in [2.05, 4.69) is 21.3 Å². The summed E-state index contributed by atoms with van der Waals surface area (Å²) in [4.78, 5) is 51.3. The molecule has 0 aliphatic heterocycles. The molecule has 290 valence electrons. The standard InChI is InChI=1S/C42H68N6O4/c1-31(2)27-37(47-39(49)35(43)29-33-21-15-13-16-22-33)41(51)45-25-19-11-9-7-5-6-8-10-12-20-26-46-42(52)38(28-32(3)4)48-40(50)36(44)30-34-23-17-14-18-24-34/h13-18,21-24,31-32,35-38H,5-12,19-20,25-30,43-44H2,1-4H3,(H,45,51)(H,46,52)(H,47,49)(H,48,50)/t35-,36-,37-,38-/m0/s1. The number of hydrogen-bond donors (Lipinski definition) is 6. The van der Waals surface area contributed by atoms with Gasteiger partial charge in [0.15, 0.2) is 0 Å². The van der Waals surface area contributed by atoms with Crippen LogP contribution in [-0.2, 0) is 32.0 Å². The first-order chi connectivity index (χ1) is 25.0. The van der Waals surface area contributed by atoms with Crippen molar-refractivity contribution in [1.82, 2.24) is 21.3 Å². The molecule has 10 heteroatoms. The molecule has 0 bridgehead atoms. The maximum atomic E-state index is 12.9. The summed E-state index contributed by atoms with van der Waals surface area (Å²) in [6, 6.07) is 16.7. The van der Waals surface area contributed by atoms with Crippen molar-refractivity contribution < 1.29 is 19.2 Å². The van der Waals surface area contributed by atoms with Gasteiger partial charge in [-0.2, -0.15) is 0 Å². The van der Waals surface area contributed by atoms with Gasteiger partial charge >= 0.3 is 0 Å². The lowest BCUT2D eigenvalue weighted by atomic mass is 10.0. The summed E-state index contributed by atoms with van der Waals surface area (Å²) < 4.78 is 0. The van der Waals surface area contributed by atoms with E-state index in [4.69, 9.17) is 11.5 Å². The van der Waals surface area contributed by atoms with Crippen LogP contribution in [-0.4, -0.2) is 60.9 Å². The van der Waals surface area contributed by atoms with Crippen molar-refractivity contribution in [1.29, 1.82) is 0 Å². The Hall–Kier alpha value is -3.76. The van der Waals surface area contributed by atoms with E-state index in [1.807, 2.05) is 88.4 Å². The normalized spacial score (nSPS) is 13.6. The molecule has 0 radical (unpaired) electrons. The number of rotatable bonds is 27. The van der Waals surface area contributed by atoms with Crippen molar-refractivity contribution in [2.45, 2.75) is 142 Å². The molecule has 8 N–H and O–H groups in total. The van der Waals surface area contributed by atoms with Gasteiger partial charge in [0, 0.05) is 13.1 Å².